The highest BCUT2D eigenvalue weighted by atomic mass is 16.5. The van der Waals surface area contributed by atoms with Gasteiger partial charge in [-0.15, -0.1) is 0 Å². The molecule has 3 aromatic rings. The van der Waals surface area contributed by atoms with Gasteiger partial charge in [-0.2, -0.15) is 0 Å². The minimum atomic E-state index is -0.748. The predicted octanol–water partition coefficient (Wildman–Crippen LogP) is 2.90. The molecule has 7 nitrogen and oxygen atoms in total. The van der Waals surface area contributed by atoms with E-state index in [9.17, 15) is 9.90 Å². The van der Waals surface area contributed by atoms with Crippen LogP contribution in [-0.2, 0) is 0 Å². The molecule has 7 heteroatoms. The number of nitrogens with one attached hydrogen (secondary N) is 2. The molecule has 2 amide bonds. The zero-order valence-electron chi connectivity index (χ0n) is 13.7. The average Bonchev–Trinajstić information content (AvgIpc) is 3.10. The summed E-state index contributed by atoms with van der Waals surface area (Å²) in [5.41, 5.74) is 1.45. The van der Waals surface area contributed by atoms with Gasteiger partial charge >= 0.3 is 11.9 Å². The first-order valence-electron chi connectivity index (χ1n) is 7.87. The van der Waals surface area contributed by atoms with Crippen LogP contribution in [0.5, 0.6) is 0 Å². The molecule has 2 unspecified atom stereocenters. The fraction of sp³-hybridized carbons (Fsp3) is 0.167. The first-order valence-corrected chi connectivity index (χ1v) is 7.87. The lowest BCUT2D eigenvalue weighted by molar-refractivity contribution is -0.789. The van der Waals surface area contributed by atoms with Crippen molar-refractivity contribution in [2.75, 3.05) is 10.6 Å². The predicted molar refractivity (Wildman–Crippen MR) is 91.9 cm³/mol. The standard InChI is InChI=1S/C18H18N4O3/c1-13(17(23)14-8-4-2-5-9-14)22-12-16(25-21-22)20-18(24)19-15-10-6-3-7-11-15/h2-13,17,23H,1H3,(H-,19,20,21,24)/p+1. The van der Waals surface area contributed by atoms with Gasteiger partial charge in [-0.05, 0) is 22.4 Å². The monoisotopic (exact) mass is 339 g/mol. The summed E-state index contributed by atoms with van der Waals surface area (Å²) in [6.07, 6.45) is 0.781. The van der Waals surface area contributed by atoms with E-state index in [1.807, 2.05) is 55.5 Å². The van der Waals surface area contributed by atoms with Crippen LogP contribution in [0.1, 0.15) is 24.6 Å². The van der Waals surface area contributed by atoms with Gasteiger partial charge in [0.1, 0.15) is 6.10 Å². The highest BCUT2D eigenvalue weighted by Gasteiger charge is 2.28. The maximum Gasteiger partial charge on any atom is 0.326 e. The molecule has 25 heavy (non-hydrogen) atoms. The fourth-order valence-electron chi connectivity index (χ4n) is 2.37. The molecule has 0 bridgehead atoms. The number of aliphatic hydroxyl groups is 1. The zero-order chi connectivity index (χ0) is 17.6. The smallest absolute Gasteiger partial charge is 0.326 e. The van der Waals surface area contributed by atoms with E-state index in [2.05, 4.69) is 15.9 Å². The quantitative estimate of drug-likeness (QED) is 0.623. The minimum absolute atomic E-state index is 0.181. The number of para-hydroxylation sites is 1. The number of hydrogen-bond acceptors (Lipinski definition) is 4. The van der Waals surface area contributed by atoms with Crippen LogP contribution in [0.4, 0.5) is 16.4 Å². The molecule has 1 aromatic heterocycles. The van der Waals surface area contributed by atoms with E-state index in [1.165, 1.54) is 10.9 Å². The molecule has 128 valence electrons. The summed E-state index contributed by atoms with van der Waals surface area (Å²) in [5, 5.41) is 19.5. The third-order valence-electron chi connectivity index (χ3n) is 3.77. The number of urea groups is 1. The van der Waals surface area contributed by atoms with Crippen LogP contribution in [0, 0.1) is 0 Å². The van der Waals surface area contributed by atoms with Gasteiger partial charge in [0.05, 0.1) is 0 Å². The van der Waals surface area contributed by atoms with Crippen LogP contribution in [0.25, 0.3) is 0 Å². The molecule has 0 radical (unpaired) electrons. The number of hydrogen-bond donors (Lipinski definition) is 3. The van der Waals surface area contributed by atoms with Crippen LogP contribution >= 0.6 is 0 Å². The molecule has 0 saturated heterocycles. The van der Waals surface area contributed by atoms with Crippen molar-refractivity contribution in [3.63, 3.8) is 0 Å². The Labute approximate surface area is 144 Å². The molecular weight excluding hydrogens is 320 g/mol. The van der Waals surface area contributed by atoms with Gasteiger partial charge in [0.2, 0.25) is 11.3 Å². The molecule has 3 N–H and O–H groups in total. The molecular formula is C18H19N4O3+. The van der Waals surface area contributed by atoms with Gasteiger partial charge in [0, 0.05) is 12.6 Å². The number of rotatable bonds is 5. The Hall–Kier alpha value is -3.19. The minimum Gasteiger partial charge on any atom is -0.381 e. The summed E-state index contributed by atoms with van der Waals surface area (Å²) < 4.78 is 6.58. The van der Waals surface area contributed by atoms with Gasteiger partial charge in [0.25, 0.3) is 6.20 Å². The summed E-state index contributed by atoms with van der Waals surface area (Å²) in [6, 6.07) is 17.6. The van der Waals surface area contributed by atoms with E-state index in [4.69, 9.17) is 4.52 Å². The van der Waals surface area contributed by atoms with Crippen LogP contribution < -0.4 is 15.3 Å². The SMILES string of the molecule is CC(C(O)c1ccccc1)[n+]1cc(NC(=O)Nc2ccccc2)on1. The molecule has 0 aliphatic rings. The van der Waals surface area contributed by atoms with Crippen molar-refractivity contribution in [2.45, 2.75) is 19.1 Å². The molecule has 3 rings (SSSR count). The number of benzene rings is 2. The topological polar surface area (TPSA) is 91.3 Å². The molecule has 0 fully saturated rings. The second-order valence-corrected chi connectivity index (χ2v) is 5.59. The second-order valence-electron chi connectivity index (χ2n) is 5.59. The number of anilines is 2. The van der Waals surface area contributed by atoms with E-state index in [-0.39, 0.29) is 11.9 Å². The fourth-order valence-corrected chi connectivity index (χ4v) is 2.37. The average molecular weight is 339 g/mol. The lowest BCUT2D eigenvalue weighted by Crippen LogP contribution is -2.42. The molecule has 2 aromatic carbocycles. The Morgan fingerprint density at radius 2 is 1.72 bits per heavy atom. The maximum absolute atomic E-state index is 11.9. The number of amides is 2. The third-order valence-corrected chi connectivity index (χ3v) is 3.77. The van der Waals surface area contributed by atoms with Gasteiger partial charge in [-0.1, -0.05) is 48.5 Å². The van der Waals surface area contributed by atoms with Crippen molar-refractivity contribution in [3.8, 4) is 0 Å². The lowest BCUT2D eigenvalue weighted by atomic mass is 10.0. The van der Waals surface area contributed by atoms with Gasteiger partial charge in [-0.25, -0.2) is 4.79 Å². The molecule has 0 saturated carbocycles. The van der Waals surface area contributed by atoms with Crippen molar-refractivity contribution < 1.29 is 19.1 Å². The van der Waals surface area contributed by atoms with Crippen molar-refractivity contribution in [2.24, 2.45) is 0 Å². The zero-order valence-corrected chi connectivity index (χ0v) is 13.7. The molecule has 2 atom stereocenters. The number of carbonyl (C=O) groups is 1. The second kappa shape index (κ2) is 7.59. The highest BCUT2D eigenvalue weighted by Crippen LogP contribution is 2.21. The first kappa shape index (κ1) is 16.7. The molecule has 0 spiro atoms. The lowest BCUT2D eigenvalue weighted by Gasteiger charge is -2.11. The number of aromatic nitrogens is 2. The Kier molecular flexibility index (Phi) is 5.06. The number of carbonyl (C=O) groups excluding carboxylic acids is 1. The van der Waals surface area contributed by atoms with Crippen molar-refractivity contribution >= 4 is 17.6 Å². The number of nitrogens with zero attached hydrogens (tertiary/aromatic N) is 2. The van der Waals surface area contributed by atoms with Crippen LogP contribution in [0.3, 0.4) is 0 Å². The van der Waals surface area contributed by atoms with E-state index in [0.29, 0.717) is 5.69 Å². The summed E-state index contributed by atoms with van der Waals surface area (Å²) in [4.78, 5) is 11.9. The Bertz CT molecular complexity index is 821. The van der Waals surface area contributed by atoms with Gasteiger partial charge < -0.3 is 10.4 Å². The molecule has 0 aliphatic carbocycles. The van der Waals surface area contributed by atoms with E-state index in [1.54, 1.807) is 12.1 Å². The largest absolute Gasteiger partial charge is 0.381 e. The summed E-state index contributed by atoms with van der Waals surface area (Å²) in [5.74, 6) is 0.181. The van der Waals surface area contributed by atoms with Crippen LogP contribution in [0.2, 0.25) is 0 Å². The molecule has 0 aliphatic heterocycles. The first-order chi connectivity index (χ1) is 12.1. The Balaban J connectivity index is 1.63. The third kappa shape index (κ3) is 4.21. The normalized spacial score (nSPS) is 13.0. The van der Waals surface area contributed by atoms with Crippen molar-refractivity contribution in [3.05, 3.63) is 72.4 Å². The summed E-state index contributed by atoms with van der Waals surface area (Å²) in [7, 11) is 0. The van der Waals surface area contributed by atoms with Crippen molar-refractivity contribution in [1.29, 1.82) is 0 Å². The van der Waals surface area contributed by atoms with E-state index < -0.39 is 12.1 Å². The van der Waals surface area contributed by atoms with Gasteiger partial charge in [-0.3, -0.25) is 9.84 Å². The van der Waals surface area contributed by atoms with E-state index >= 15 is 0 Å². The Morgan fingerprint density at radius 3 is 2.40 bits per heavy atom. The van der Waals surface area contributed by atoms with Gasteiger partial charge in [0.15, 0.2) is 0 Å². The highest BCUT2D eigenvalue weighted by molar-refractivity contribution is 5.98. The maximum atomic E-state index is 11.9. The van der Waals surface area contributed by atoms with Crippen LogP contribution in [-0.4, -0.2) is 16.4 Å². The van der Waals surface area contributed by atoms with E-state index in [0.717, 1.165) is 5.56 Å². The summed E-state index contributed by atoms with van der Waals surface area (Å²) in [6.45, 7) is 1.81. The van der Waals surface area contributed by atoms with Crippen molar-refractivity contribution in [1.82, 2.24) is 5.27 Å². The number of aliphatic hydroxyl groups excluding tert-OH is 1. The molecule has 1 heterocycles. The summed E-state index contributed by atoms with van der Waals surface area (Å²) >= 11 is 0. The van der Waals surface area contributed by atoms with Crippen LogP contribution in [0.15, 0.2) is 71.4 Å². The Morgan fingerprint density at radius 1 is 1.08 bits per heavy atom.